The van der Waals surface area contributed by atoms with E-state index in [1.807, 2.05) is 0 Å². The molecule has 2 atom stereocenters. The second-order valence-electron chi connectivity index (χ2n) is 6.26. The number of nitrogens with one attached hydrogen (secondary N) is 1. The lowest BCUT2D eigenvalue weighted by molar-refractivity contribution is -0.120. The van der Waals surface area contributed by atoms with Gasteiger partial charge in [-0.3, -0.25) is 4.79 Å². The van der Waals surface area contributed by atoms with Gasteiger partial charge in [-0.1, -0.05) is 31.9 Å². The van der Waals surface area contributed by atoms with Crippen molar-refractivity contribution in [2.75, 3.05) is 25.0 Å². The molecule has 1 aliphatic carbocycles. The molecule has 0 bridgehead atoms. The van der Waals surface area contributed by atoms with Crippen molar-refractivity contribution in [1.29, 1.82) is 0 Å². The molecule has 1 fully saturated rings. The first-order valence-corrected chi connectivity index (χ1v) is 10.5. The standard InChI is InChI=1S/C17H26ClN3O3S.ClH/c1-3-21(4-2)25(23,24)16-10-13(8-9-15(16)18)20-17(22)14-7-5-6-12(14)11-19;/h8-10,12,14H,3-7,11,19H2,1-2H3,(H,20,22);1H/t12-,14-;/m1./s1. The predicted octanol–water partition coefficient (Wildman–Crippen LogP) is 3.11. The molecule has 0 radical (unpaired) electrons. The predicted molar refractivity (Wildman–Crippen MR) is 107 cm³/mol. The summed E-state index contributed by atoms with van der Waals surface area (Å²) in [6, 6.07) is 4.55. The number of hydrogen-bond acceptors (Lipinski definition) is 4. The largest absolute Gasteiger partial charge is 0.330 e. The molecule has 1 amide bonds. The molecule has 0 aliphatic heterocycles. The zero-order valence-electron chi connectivity index (χ0n) is 15.1. The Morgan fingerprint density at radius 3 is 2.54 bits per heavy atom. The highest BCUT2D eigenvalue weighted by Crippen LogP contribution is 2.33. The average Bonchev–Trinajstić information content (AvgIpc) is 3.06. The minimum absolute atomic E-state index is 0. The lowest BCUT2D eigenvalue weighted by atomic mass is 9.95. The molecule has 1 saturated carbocycles. The van der Waals surface area contributed by atoms with Gasteiger partial charge >= 0.3 is 0 Å². The van der Waals surface area contributed by atoms with Crippen LogP contribution in [0.1, 0.15) is 33.1 Å². The van der Waals surface area contributed by atoms with Gasteiger partial charge in [0.2, 0.25) is 15.9 Å². The number of nitrogens with two attached hydrogens (primary N) is 1. The van der Waals surface area contributed by atoms with Crippen LogP contribution in [-0.4, -0.2) is 38.3 Å². The summed E-state index contributed by atoms with van der Waals surface area (Å²) in [5, 5.41) is 2.97. The number of hydrogen-bond donors (Lipinski definition) is 2. The smallest absolute Gasteiger partial charge is 0.244 e. The maximum absolute atomic E-state index is 12.7. The lowest BCUT2D eigenvalue weighted by Gasteiger charge is -2.21. The van der Waals surface area contributed by atoms with Crippen molar-refractivity contribution >= 4 is 45.6 Å². The molecule has 2 rings (SSSR count). The molecule has 6 nitrogen and oxygen atoms in total. The van der Waals surface area contributed by atoms with Crippen LogP contribution in [0, 0.1) is 11.8 Å². The topological polar surface area (TPSA) is 92.5 Å². The Morgan fingerprint density at radius 2 is 1.96 bits per heavy atom. The minimum Gasteiger partial charge on any atom is -0.330 e. The first-order valence-electron chi connectivity index (χ1n) is 8.65. The van der Waals surface area contributed by atoms with Gasteiger partial charge in [0, 0.05) is 24.7 Å². The van der Waals surface area contributed by atoms with E-state index in [2.05, 4.69) is 5.32 Å². The van der Waals surface area contributed by atoms with Crippen molar-refractivity contribution in [1.82, 2.24) is 4.31 Å². The van der Waals surface area contributed by atoms with E-state index >= 15 is 0 Å². The highest BCUT2D eigenvalue weighted by atomic mass is 35.5. The summed E-state index contributed by atoms with van der Waals surface area (Å²) < 4.78 is 26.8. The van der Waals surface area contributed by atoms with E-state index in [1.165, 1.54) is 16.4 Å². The maximum Gasteiger partial charge on any atom is 0.244 e. The third-order valence-corrected chi connectivity index (χ3v) is 7.35. The molecule has 1 aliphatic rings. The zero-order valence-corrected chi connectivity index (χ0v) is 17.5. The van der Waals surface area contributed by atoms with Gasteiger partial charge < -0.3 is 11.1 Å². The molecular weight excluding hydrogens is 397 g/mol. The van der Waals surface area contributed by atoms with Crippen molar-refractivity contribution in [3.8, 4) is 0 Å². The third-order valence-electron chi connectivity index (χ3n) is 4.82. The van der Waals surface area contributed by atoms with Crippen molar-refractivity contribution in [3.05, 3.63) is 23.2 Å². The van der Waals surface area contributed by atoms with Crippen molar-refractivity contribution in [2.24, 2.45) is 17.6 Å². The van der Waals surface area contributed by atoms with Gasteiger partial charge in [-0.15, -0.1) is 12.4 Å². The fraction of sp³-hybridized carbons (Fsp3) is 0.588. The molecule has 26 heavy (non-hydrogen) atoms. The van der Waals surface area contributed by atoms with Crippen LogP contribution in [-0.2, 0) is 14.8 Å². The van der Waals surface area contributed by atoms with E-state index in [9.17, 15) is 13.2 Å². The molecule has 0 aromatic heterocycles. The minimum atomic E-state index is -3.69. The summed E-state index contributed by atoms with van der Waals surface area (Å²) in [5.74, 6) is -0.0452. The van der Waals surface area contributed by atoms with Crippen LogP contribution < -0.4 is 11.1 Å². The van der Waals surface area contributed by atoms with Gasteiger partial charge in [0.1, 0.15) is 4.90 Å². The lowest BCUT2D eigenvalue weighted by Crippen LogP contribution is -2.31. The highest BCUT2D eigenvalue weighted by molar-refractivity contribution is 7.89. The molecule has 3 N–H and O–H groups in total. The number of benzene rings is 1. The van der Waals surface area contributed by atoms with Gasteiger partial charge in [0.15, 0.2) is 0 Å². The van der Waals surface area contributed by atoms with E-state index in [0.717, 1.165) is 19.3 Å². The van der Waals surface area contributed by atoms with Gasteiger partial charge in [0.25, 0.3) is 0 Å². The molecule has 148 valence electrons. The van der Waals surface area contributed by atoms with E-state index in [4.69, 9.17) is 17.3 Å². The molecule has 1 aromatic carbocycles. The van der Waals surface area contributed by atoms with Crippen molar-refractivity contribution in [3.63, 3.8) is 0 Å². The molecule has 0 saturated heterocycles. The Hall–Kier alpha value is -0.860. The number of anilines is 1. The monoisotopic (exact) mass is 423 g/mol. The Balaban J connectivity index is 0.00000338. The number of rotatable bonds is 7. The Labute approximate surface area is 166 Å². The molecule has 0 spiro atoms. The van der Waals surface area contributed by atoms with E-state index in [0.29, 0.717) is 25.3 Å². The molecule has 1 aromatic rings. The van der Waals surface area contributed by atoms with Crippen LogP contribution in [0.3, 0.4) is 0 Å². The molecule has 0 unspecified atom stereocenters. The number of carbonyl (C=O) groups excluding carboxylic acids is 1. The fourth-order valence-electron chi connectivity index (χ4n) is 3.38. The van der Waals surface area contributed by atoms with Gasteiger partial charge in [-0.2, -0.15) is 4.31 Å². The second kappa shape index (κ2) is 9.90. The Kier molecular flexibility index (Phi) is 8.82. The second-order valence-corrected chi connectivity index (χ2v) is 8.57. The highest BCUT2D eigenvalue weighted by Gasteiger charge is 2.32. The summed E-state index contributed by atoms with van der Waals surface area (Å²) in [4.78, 5) is 12.5. The first-order chi connectivity index (χ1) is 11.8. The number of halogens is 2. The number of sulfonamides is 1. The van der Waals surface area contributed by atoms with Crippen LogP contribution in [0.15, 0.2) is 23.1 Å². The van der Waals surface area contributed by atoms with Crippen LogP contribution >= 0.6 is 24.0 Å². The normalized spacial score (nSPS) is 20.0. The summed E-state index contributed by atoms with van der Waals surface area (Å²) in [5.41, 5.74) is 6.17. The van der Waals surface area contributed by atoms with Gasteiger partial charge in [-0.25, -0.2) is 8.42 Å². The van der Waals surface area contributed by atoms with E-state index in [-0.39, 0.29) is 40.1 Å². The summed E-state index contributed by atoms with van der Waals surface area (Å²) >= 11 is 6.11. The molecule has 9 heteroatoms. The quantitative estimate of drug-likeness (QED) is 0.704. The van der Waals surface area contributed by atoms with Crippen LogP contribution in [0.5, 0.6) is 0 Å². The van der Waals surface area contributed by atoms with Crippen LogP contribution in [0.2, 0.25) is 5.02 Å². The maximum atomic E-state index is 12.7. The Morgan fingerprint density at radius 1 is 1.31 bits per heavy atom. The zero-order chi connectivity index (χ0) is 18.6. The van der Waals surface area contributed by atoms with Gasteiger partial charge in [0.05, 0.1) is 5.02 Å². The molecular formula is C17H27Cl2N3O3S. The summed E-state index contributed by atoms with van der Waals surface area (Å²) in [6.45, 7) is 4.74. The van der Waals surface area contributed by atoms with Crippen molar-refractivity contribution in [2.45, 2.75) is 38.0 Å². The summed E-state index contributed by atoms with van der Waals surface area (Å²) in [7, 11) is -3.69. The van der Waals surface area contributed by atoms with Crippen LogP contribution in [0.25, 0.3) is 0 Å². The molecule has 0 heterocycles. The van der Waals surface area contributed by atoms with E-state index < -0.39 is 10.0 Å². The SMILES string of the molecule is CCN(CC)S(=O)(=O)c1cc(NC(=O)[C@@H]2CCC[C@@H]2CN)ccc1Cl.Cl. The number of carbonyl (C=O) groups is 1. The number of amides is 1. The fourth-order valence-corrected chi connectivity index (χ4v) is 5.34. The van der Waals surface area contributed by atoms with Crippen molar-refractivity contribution < 1.29 is 13.2 Å². The van der Waals surface area contributed by atoms with Crippen LogP contribution in [0.4, 0.5) is 5.69 Å². The summed E-state index contributed by atoms with van der Waals surface area (Å²) in [6.07, 6.45) is 2.75. The van der Waals surface area contributed by atoms with E-state index in [1.54, 1.807) is 19.9 Å². The first kappa shape index (κ1) is 23.2. The number of nitrogens with zero attached hydrogens (tertiary/aromatic N) is 1. The Bertz CT molecular complexity index is 724. The van der Waals surface area contributed by atoms with Gasteiger partial charge in [-0.05, 0) is 43.5 Å². The third kappa shape index (κ3) is 4.89. The average molecular weight is 424 g/mol.